The van der Waals surface area contributed by atoms with E-state index in [0.717, 1.165) is 6.26 Å². The van der Waals surface area contributed by atoms with Crippen molar-refractivity contribution < 1.29 is 32.6 Å². The summed E-state index contributed by atoms with van der Waals surface area (Å²) in [6.07, 6.45) is 0.488. The summed E-state index contributed by atoms with van der Waals surface area (Å²) in [5, 5.41) is 9.63. The molecule has 0 aliphatic heterocycles. The van der Waals surface area contributed by atoms with Gasteiger partial charge in [0.15, 0.2) is 9.84 Å². The van der Waals surface area contributed by atoms with E-state index in [9.17, 15) is 23.1 Å². The second kappa shape index (κ2) is 9.77. The van der Waals surface area contributed by atoms with E-state index in [2.05, 4.69) is 0 Å². The van der Waals surface area contributed by atoms with Gasteiger partial charge in [-0.1, -0.05) is 29.8 Å². The molecule has 0 aromatic heterocycles. The van der Waals surface area contributed by atoms with Crippen molar-refractivity contribution in [1.29, 1.82) is 0 Å². The van der Waals surface area contributed by atoms with E-state index in [4.69, 9.17) is 21.1 Å². The van der Waals surface area contributed by atoms with Gasteiger partial charge in [-0.2, -0.15) is 0 Å². The zero-order valence-electron chi connectivity index (χ0n) is 16.6. The van der Waals surface area contributed by atoms with Gasteiger partial charge in [0, 0.05) is 6.26 Å². The zero-order chi connectivity index (χ0) is 22.5. The van der Waals surface area contributed by atoms with Crippen LogP contribution in [0.15, 0.2) is 52.9 Å². The number of ether oxygens (including phenoxy) is 2. The highest BCUT2D eigenvalue weighted by Crippen LogP contribution is 2.34. The lowest BCUT2D eigenvalue weighted by molar-refractivity contribution is -0.142. The Kier molecular flexibility index (Phi) is 7.64. The van der Waals surface area contributed by atoms with E-state index < -0.39 is 28.2 Å². The number of carbonyl (C=O) groups excluding carboxylic acids is 1. The fourth-order valence-electron chi connectivity index (χ4n) is 2.84. The van der Waals surface area contributed by atoms with Crippen LogP contribution in [0.5, 0.6) is 5.75 Å². The second-order valence-electron chi connectivity index (χ2n) is 6.29. The molecule has 0 bridgehead atoms. The van der Waals surface area contributed by atoms with Gasteiger partial charge in [-0.3, -0.25) is 4.79 Å². The molecule has 2 aromatic carbocycles. The van der Waals surface area contributed by atoms with E-state index in [1.807, 2.05) is 0 Å². The number of sulfone groups is 1. The van der Waals surface area contributed by atoms with Crippen LogP contribution in [0.25, 0.3) is 5.57 Å². The quantitative estimate of drug-likeness (QED) is 0.481. The maximum Gasteiger partial charge on any atom is 0.335 e. The lowest BCUT2D eigenvalue weighted by Gasteiger charge is -2.16. The number of rotatable bonds is 8. The number of aliphatic carboxylic acids is 1. The Morgan fingerprint density at radius 1 is 1.07 bits per heavy atom. The molecule has 9 heteroatoms. The third kappa shape index (κ3) is 5.61. The number of carbonyl (C=O) groups is 2. The molecule has 160 valence electrons. The first-order chi connectivity index (χ1) is 14.1. The fourth-order valence-corrected chi connectivity index (χ4v) is 3.73. The molecule has 0 aliphatic carbocycles. The molecular formula is C21H21ClO7S. The number of carboxylic acid groups (broad SMARTS) is 1. The molecule has 2 aromatic rings. The molecule has 0 heterocycles. The average Bonchev–Trinajstić information content (AvgIpc) is 2.67. The Morgan fingerprint density at radius 3 is 2.13 bits per heavy atom. The van der Waals surface area contributed by atoms with Crippen LogP contribution in [0.2, 0.25) is 5.02 Å². The molecular weight excluding hydrogens is 432 g/mol. The number of methoxy groups -OCH3 is 1. The molecule has 0 spiro atoms. The largest absolute Gasteiger partial charge is 0.495 e. The topological polar surface area (TPSA) is 107 Å². The van der Waals surface area contributed by atoms with Gasteiger partial charge < -0.3 is 14.6 Å². The van der Waals surface area contributed by atoms with E-state index in [1.165, 1.54) is 31.4 Å². The summed E-state index contributed by atoms with van der Waals surface area (Å²) in [4.78, 5) is 24.2. The molecule has 1 N–H and O–H groups in total. The summed E-state index contributed by atoms with van der Waals surface area (Å²) in [6.45, 7) is 1.67. The lowest BCUT2D eigenvalue weighted by Crippen LogP contribution is -2.14. The van der Waals surface area contributed by atoms with Crippen molar-refractivity contribution in [1.82, 2.24) is 0 Å². The van der Waals surface area contributed by atoms with E-state index in [-0.39, 0.29) is 27.7 Å². The molecule has 7 nitrogen and oxygen atoms in total. The first kappa shape index (κ1) is 23.4. The van der Waals surface area contributed by atoms with Gasteiger partial charge in [-0.15, -0.1) is 0 Å². The second-order valence-corrected chi connectivity index (χ2v) is 8.71. The van der Waals surface area contributed by atoms with Crippen molar-refractivity contribution in [2.24, 2.45) is 0 Å². The smallest absolute Gasteiger partial charge is 0.335 e. The molecule has 2 rings (SSSR count). The summed E-state index contributed by atoms with van der Waals surface area (Å²) < 4.78 is 33.8. The molecule has 0 radical (unpaired) electrons. The molecule has 0 fully saturated rings. The van der Waals surface area contributed by atoms with E-state index in [1.54, 1.807) is 25.1 Å². The summed E-state index contributed by atoms with van der Waals surface area (Å²) in [5.41, 5.74) is 1.09. The number of hydrogen-bond acceptors (Lipinski definition) is 6. The summed E-state index contributed by atoms with van der Waals surface area (Å²) >= 11 is 6.24. The Balaban J connectivity index is 2.80. The highest BCUT2D eigenvalue weighted by atomic mass is 35.5. The van der Waals surface area contributed by atoms with Gasteiger partial charge in [0.2, 0.25) is 0 Å². The molecule has 0 aliphatic rings. The maximum atomic E-state index is 12.6. The standard InChI is InChI=1S/C21H21ClO7S/c1-4-29-21(25)16(12-19(23)24)20(14-7-10-18(28-2)17(22)11-14)13-5-8-15(9-6-13)30(3,26)27/h5-11H,4,12H2,1-3H3,(H,23,24)/b20-16-. The van der Waals surface area contributed by atoms with Gasteiger partial charge in [-0.25, -0.2) is 13.2 Å². The zero-order valence-corrected chi connectivity index (χ0v) is 18.2. The predicted molar refractivity (Wildman–Crippen MR) is 112 cm³/mol. The summed E-state index contributed by atoms with van der Waals surface area (Å²) in [6, 6.07) is 10.5. The highest BCUT2D eigenvalue weighted by Gasteiger charge is 2.23. The Hall–Kier alpha value is -2.84. The number of esters is 1. The lowest BCUT2D eigenvalue weighted by atomic mass is 9.91. The van der Waals surface area contributed by atoms with Gasteiger partial charge in [0.1, 0.15) is 5.75 Å². The van der Waals surface area contributed by atoms with Gasteiger partial charge in [0.25, 0.3) is 0 Å². The van der Waals surface area contributed by atoms with E-state index in [0.29, 0.717) is 16.9 Å². The minimum Gasteiger partial charge on any atom is -0.495 e. The van der Waals surface area contributed by atoms with Crippen molar-refractivity contribution in [2.45, 2.75) is 18.2 Å². The minimum atomic E-state index is -3.43. The van der Waals surface area contributed by atoms with Crippen molar-refractivity contribution in [3.8, 4) is 5.75 Å². The van der Waals surface area contributed by atoms with Crippen LogP contribution < -0.4 is 4.74 Å². The van der Waals surface area contributed by atoms with Crippen LogP contribution in [-0.4, -0.2) is 45.4 Å². The minimum absolute atomic E-state index is 0.0611. The average molecular weight is 453 g/mol. The predicted octanol–water partition coefficient (Wildman–Crippen LogP) is 3.59. The van der Waals surface area contributed by atoms with Crippen LogP contribution in [0, 0.1) is 0 Å². The van der Waals surface area contributed by atoms with Crippen molar-refractivity contribution >= 4 is 38.9 Å². The Labute approximate surface area is 179 Å². The van der Waals surface area contributed by atoms with Crippen molar-refractivity contribution in [3.05, 3.63) is 64.2 Å². The van der Waals surface area contributed by atoms with Crippen LogP contribution in [0.3, 0.4) is 0 Å². The summed E-state index contributed by atoms with van der Waals surface area (Å²) in [7, 11) is -1.97. The SMILES string of the molecule is CCOC(=O)/C(CC(=O)O)=C(/c1ccc(S(C)(=O)=O)cc1)c1ccc(OC)c(Cl)c1. The monoisotopic (exact) mass is 452 g/mol. The first-order valence-corrected chi connectivity index (χ1v) is 11.1. The first-order valence-electron chi connectivity index (χ1n) is 8.85. The van der Waals surface area contributed by atoms with Gasteiger partial charge in [0.05, 0.1) is 35.6 Å². The van der Waals surface area contributed by atoms with Crippen LogP contribution in [0.1, 0.15) is 24.5 Å². The molecule has 0 amide bonds. The van der Waals surface area contributed by atoms with Crippen molar-refractivity contribution in [2.75, 3.05) is 20.0 Å². The maximum absolute atomic E-state index is 12.6. The number of benzene rings is 2. The van der Waals surface area contributed by atoms with Crippen LogP contribution in [0.4, 0.5) is 0 Å². The molecule has 0 atom stereocenters. The summed E-state index contributed by atoms with van der Waals surface area (Å²) in [5.74, 6) is -1.60. The normalized spacial score (nSPS) is 12.1. The fraction of sp³-hybridized carbons (Fsp3) is 0.238. The van der Waals surface area contributed by atoms with Crippen LogP contribution >= 0.6 is 11.6 Å². The Bertz CT molecular complexity index is 1090. The molecule has 30 heavy (non-hydrogen) atoms. The highest BCUT2D eigenvalue weighted by molar-refractivity contribution is 7.90. The van der Waals surface area contributed by atoms with Crippen LogP contribution in [-0.2, 0) is 24.2 Å². The Morgan fingerprint density at radius 2 is 1.67 bits per heavy atom. The molecule has 0 saturated carbocycles. The van der Waals surface area contributed by atoms with Crippen molar-refractivity contribution in [3.63, 3.8) is 0 Å². The number of carboxylic acids is 1. The third-order valence-corrected chi connectivity index (χ3v) is 5.59. The molecule has 0 saturated heterocycles. The van der Waals surface area contributed by atoms with E-state index >= 15 is 0 Å². The third-order valence-electron chi connectivity index (χ3n) is 4.16. The molecule has 0 unspecified atom stereocenters. The van der Waals surface area contributed by atoms with Gasteiger partial charge in [-0.05, 0) is 47.9 Å². The van der Waals surface area contributed by atoms with Gasteiger partial charge >= 0.3 is 11.9 Å². The number of halogens is 1. The number of hydrogen-bond donors (Lipinski definition) is 1.